The van der Waals surface area contributed by atoms with Crippen molar-refractivity contribution in [1.29, 1.82) is 0 Å². The number of aryl methyl sites for hydroxylation is 1. The Morgan fingerprint density at radius 1 is 1.05 bits per heavy atom. The van der Waals surface area contributed by atoms with E-state index < -0.39 is 22.0 Å². The molecule has 0 saturated heterocycles. The van der Waals surface area contributed by atoms with Crippen LogP contribution in [0.1, 0.15) is 24.2 Å². The van der Waals surface area contributed by atoms with Gasteiger partial charge in [0.05, 0.1) is 11.2 Å². The number of nitrogens with zero attached hydrogens (tertiary/aromatic N) is 1. The Balaban J connectivity index is 1.28. The molecule has 11 heteroatoms. The molecule has 202 valence electrons. The highest BCUT2D eigenvalue weighted by Crippen LogP contribution is 2.26. The lowest BCUT2D eigenvalue weighted by Gasteiger charge is -2.15. The van der Waals surface area contributed by atoms with Gasteiger partial charge in [0.15, 0.2) is 5.96 Å². The molecule has 0 spiro atoms. The number of hydrogen-bond acceptors (Lipinski definition) is 7. The first-order valence-corrected chi connectivity index (χ1v) is 14.1. The summed E-state index contributed by atoms with van der Waals surface area (Å²) in [7, 11) is -4.14. The third-order valence-corrected chi connectivity index (χ3v) is 8.09. The van der Waals surface area contributed by atoms with Crippen LogP contribution in [0.5, 0.6) is 0 Å². The minimum atomic E-state index is -4.14. The summed E-state index contributed by atoms with van der Waals surface area (Å²) in [5, 5.41) is 18.3. The second-order valence-electron chi connectivity index (χ2n) is 9.33. The van der Waals surface area contributed by atoms with Crippen molar-refractivity contribution < 1.29 is 27.5 Å². The van der Waals surface area contributed by atoms with Gasteiger partial charge in [0.1, 0.15) is 11.8 Å². The first-order valence-electron chi connectivity index (χ1n) is 12.6. The Morgan fingerprint density at radius 2 is 1.87 bits per heavy atom. The van der Waals surface area contributed by atoms with Gasteiger partial charge in [-0.2, -0.15) is 4.72 Å². The van der Waals surface area contributed by atoms with Gasteiger partial charge in [-0.1, -0.05) is 48.5 Å². The number of furan rings is 1. The number of fused-ring (bicyclic) bond motifs is 2. The molecule has 3 aromatic carbocycles. The molecular weight excluding hydrogens is 520 g/mol. The summed E-state index contributed by atoms with van der Waals surface area (Å²) in [6.07, 6.45) is 3.04. The van der Waals surface area contributed by atoms with Crippen LogP contribution in [0.4, 0.5) is 0 Å². The van der Waals surface area contributed by atoms with Gasteiger partial charge >= 0.3 is 5.97 Å². The molecule has 0 aliphatic carbocycles. The molecule has 0 radical (unpaired) electrons. The molecule has 39 heavy (non-hydrogen) atoms. The van der Waals surface area contributed by atoms with Gasteiger partial charge in [-0.25, -0.2) is 8.42 Å². The fraction of sp³-hybridized carbons (Fsp3) is 0.250. The van der Waals surface area contributed by atoms with E-state index >= 15 is 0 Å². The highest BCUT2D eigenvalue weighted by molar-refractivity contribution is 7.89. The fourth-order valence-electron chi connectivity index (χ4n) is 4.59. The molecule has 1 aliphatic rings. The Hall–Kier alpha value is -4.22. The molecule has 0 fully saturated rings. The highest BCUT2D eigenvalue weighted by atomic mass is 32.2. The molecule has 2 heterocycles. The van der Waals surface area contributed by atoms with E-state index in [1.165, 1.54) is 12.3 Å². The van der Waals surface area contributed by atoms with Crippen molar-refractivity contribution >= 4 is 49.4 Å². The van der Waals surface area contributed by atoms with E-state index in [1.54, 1.807) is 42.5 Å². The molecule has 4 aromatic rings. The predicted octanol–water partition coefficient (Wildman–Crippen LogP) is 2.96. The van der Waals surface area contributed by atoms with E-state index in [4.69, 9.17) is 4.42 Å². The lowest BCUT2D eigenvalue weighted by Crippen LogP contribution is -2.43. The van der Waals surface area contributed by atoms with Gasteiger partial charge < -0.3 is 14.8 Å². The van der Waals surface area contributed by atoms with Crippen LogP contribution in [0, 0.1) is 0 Å². The van der Waals surface area contributed by atoms with Crippen LogP contribution < -0.4 is 15.4 Å². The number of nitrogens with one attached hydrogen (secondary N) is 3. The van der Waals surface area contributed by atoms with E-state index in [1.807, 2.05) is 12.1 Å². The third kappa shape index (κ3) is 6.10. The zero-order valence-corrected chi connectivity index (χ0v) is 21.8. The number of rotatable bonds is 9. The molecular formula is C28H28N4O6S. The monoisotopic (exact) mass is 548 g/mol. The van der Waals surface area contributed by atoms with Gasteiger partial charge in [0.25, 0.3) is 0 Å². The van der Waals surface area contributed by atoms with Crippen LogP contribution in [0.25, 0.3) is 21.5 Å². The predicted molar refractivity (Wildman–Crippen MR) is 147 cm³/mol. The number of carbonyl (C=O) groups excluding carboxylic acids is 1. The number of guanidine groups is 1. The first kappa shape index (κ1) is 26.4. The summed E-state index contributed by atoms with van der Waals surface area (Å²) in [5.41, 5.74) is 0.912. The van der Waals surface area contributed by atoms with E-state index in [0.717, 1.165) is 29.3 Å². The number of sulfonamides is 1. The zero-order valence-electron chi connectivity index (χ0n) is 21.0. The van der Waals surface area contributed by atoms with Crippen LogP contribution >= 0.6 is 0 Å². The van der Waals surface area contributed by atoms with E-state index in [2.05, 4.69) is 20.3 Å². The van der Waals surface area contributed by atoms with Crippen molar-refractivity contribution in [2.75, 3.05) is 13.1 Å². The summed E-state index contributed by atoms with van der Waals surface area (Å²) in [6, 6.07) is 16.0. The van der Waals surface area contributed by atoms with Gasteiger partial charge in [0, 0.05) is 42.1 Å². The lowest BCUT2D eigenvalue weighted by molar-refractivity contribution is -0.139. The fourth-order valence-corrected chi connectivity index (χ4v) is 6.01. The van der Waals surface area contributed by atoms with Gasteiger partial charge in [-0.05, 0) is 35.9 Å². The maximum atomic E-state index is 13.2. The minimum Gasteiger partial charge on any atom is -0.480 e. The maximum absolute atomic E-state index is 13.2. The van der Waals surface area contributed by atoms with E-state index in [0.29, 0.717) is 35.5 Å². The number of carboxylic acids is 1. The second-order valence-corrected chi connectivity index (χ2v) is 11.0. The molecule has 0 saturated carbocycles. The summed E-state index contributed by atoms with van der Waals surface area (Å²) >= 11 is 0. The van der Waals surface area contributed by atoms with Gasteiger partial charge in [0.2, 0.25) is 15.9 Å². The summed E-state index contributed by atoms with van der Waals surface area (Å²) in [5.74, 6) is -0.601. The first-order chi connectivity index (χ1) is 18.8. The number of carbonyl (C=O) groups is 2. The van der Waals surface area contributed by atoms with Crippen molar-refractivity contribution in [3.8, 4) is 0 Å². The number of aliphatic imine (C=N–C) groups is 1. The zero-order chi connectivity index (χ0) is 27.4. The largest absolute Gasteiger partial charge is 0.480 e. The number of carboxylic acid groups (broad SMARTS) is 1. The van der Waals surface area contributed by atoms with Crippen molar-refractivity contribution in [3.63, 3.8) is 0 Å². The number of aliphatic carboxylic acids is 1. The average Bonchev–Trinajstić information content (AvgIpc) is 3.33. The number of hydrogen-bond donors (Lipinski definition) is 4. The van der Waals surface area contributed by atoms with Crippen LogP contribution in [-0.4, -0.2) is 50.5 Å². The standard InChI is InChI=1S/C28H28N4O6S/c33-26(31-28-29-13-4-14-30-28)12-10-18-9-11-21-20(15-18)17-38-24(21)16-23(27(34)35)32-39(36,37)25-8-3-6-19-5-1-2-7-22(19)25/h1-3,5-9,11,15,17,23,32H,4,10,12-14,16H2,(H,34,35)(H2,29,30,31,33). The Kier molecular flexibility index (Phi) is 7.62. The topological polar surface area (TPSA) is 150 Å². The SMILES string of the molecule is O=C(CCc1ccc2c(CC(NS(=O)(=O)c3cccc4ccccc34)C(=O)O)occ2c1)NC1=NCCCN1. The molecule has 1 aliphatic heterocycles. The molecule has 5 rings (SSSR count). The second kappa shape index (κ2) is 11.3. The van der Waals surface area contributed by atoms with E-state index in [9.17, 15) is 23.1 Å². The number of amides is 1. The van der Waals surface area contributed by atoms with Crippen LogP contribution in [0.15, 0.2) is 81.2 Å². The Morgan fingerprint density at radius 3 is 2.67 bits per heavy atom. The average molecular weight is 549 g/mol. The summed E-state index contributed by atoms with van der Waals surface area (Å²) < 4.78 is 34.4. The van der Waals surface area contributed by atoms with E-state index in [-0.39, 0.29) is 23.6 Å². The number of benzene rings is 3. The summed E-state index contributed by atoms with van der Waals surface area (Å²) in [4.78, 5) is 28.6. The molecule has 1 aromatic heterocycles. The van der Waals surface area contributed by atoms with Crippen LogP contribution in [0.3, 0.4) is 0 Å². The molecule has 1 unspecified atom stereocenters. The minimum absolute atomic E-state index is 0.0103. The van der Waals surface area contributed by atoms with Crippen LogP contribution in [0.2, 0.25) is 0 Å². The highest BCUT2D eigenvalue weighted by Gasteiger charge is 2.28. The van der Waals surface area contributed by atoms with Crippen LogP contribution in [-0.2, 0) is 32.5 Å². The molecule has 1 atom stereocenters. The van der Waals surface area contributed by atoms with Gasteiger partial charge in [-0.15, -0.1) is 0 Å². The maximum Gasteiger partial charge on any atom is 0.322 e. The van der Waals surface area contributed by atoms with Crippen molar-refractivity contribution in [2.24, 2.45) is 4.99 Å². The smallest absolute Gasteiger partial charge is 0.322 e. The Bertz CT molecular complexity index is 1670. The molecule has 1 amide bonds. The normalized spacial score (nSPS) is 14.5. The quantitative estimate of drug-likeness (QED) is 0.251. The molecule has 10 nitrogen and oxygen atoms in total. The third-order valence-electron chi connectivity index (χ3n) is 6.56. The Labute approximate surface area is 225 Å². The van der Waals surface area contributed by atoms with Gasteiger partial charge in [-0.3, -0.25) is 19.9 Å². The van der Waals surface area contributed by atoms with Crippen molar-refractivity contribution in [3.05, 3.63) is 78.3 Å². The van der Waals surface area contributed by atoms with Crippen molar-refractivity contribution in [2.45, 2.75) is 36.6 Å². The summed E-state index contributed by atoms with van der Waals surface area (Å²) in [6.45, 7) is 1.47. The lowest BCUT2D eigenvalue weighted by atomic mass is 10.0. The molecule has 0 bridgehead atoms. The molecule has 4 N–H and O–H groups in total. The van der Waals surface area contributed by atoms with Crippen molar-refractivity contribution in [1.82, 2.24) is 15.4 Å².